The molecule has 15 heavy (non-hydrogen) atoms. The molecule has 1 aliphatic rings. The second kappa shape index (κ2) is 6.33. The van der Waals surface area contributed by atoms with E-state index in [1.165, 1.54) is 0 Å². The predicted molar refractivity (Wildman–Crippen MR) is 60.6 cm³/mol. The average molecular weight is 234 g/mol. The summed E-state index contributed by atoms with van der Waals surface area (Å²) in [6.07, 6.45) is 2.63. The van der Waals surface area contributed by atoms with Crippen LogP contribution in [0, 0.1) is 11.8 Å². The van der Waals surface area contributed by atoms with E-state index in [2.05, 4.69) is 6.92 Å². The van der Waals surface area contributed by atoms with Gasteiger partial charge in [-0.3, -0.25) is 4.79 Å². The molecule has 0 aromatic heterocycles. The summed E-state index contributed by atoms with van der Waals surface area (Å²) in [5.41, 5.74) is 0. The topological polar surface area (TPSA) is 29.5 Å². The number of hydrogen-bond donors (Lipinski definition) is 0. The van der Waals surface area contributed by atoms with Crippen molar-refractivity contribution in [2.45, 2.75) is 33.1 Å². The van der Waals surface area contributed by atoms with Gasteiger partial charge in [-0.05, 0) is 37.0 Å². The molecule has 1 saturated heterocycles. The van der Waals surface area contributed by atoms with Gasteiger partial charge in [-0.15, -0.1) is 0 Å². The molecule has 0 radical (unpaired) electrons. The van der Waals surface area contributed by atoms with Crippen LogP contribution in [0.1, 0.15) is 33.1 Å². The molecule has 2 atom stereocenters. The van der Waals surface area contributed by atoms with Crippen molar-refractivity contribution in [2.75, 3.05) is 19.7 Å². The third kappa shape index (κ3) is 3.99. The van der Waals surface area contributed by atoms with Crippen molar-refractivity contribution in [2.24, 2.45) is 11.8 Å². The van der Waals surface area contributed by atoms with Crippen LogP contribution in [0.25, 0.3) is 0 Å². The molecule has 0 saturated carbocycles. The molecule has 0 aliphatic carbocycles. The molecule has 0 unspecified atom stereocenters. The predicted octanol–water partition coefficient (Wildman–Crippen LogP) is 2.44. The Kier molecular flexibility index (Phi) is 5.40. The van der Waals surface area contributed by atoms with Gasteiger partial charge in [0.2, 0.25) is 0 Å². The lowest BCUT2D eigenvalue weighted by Crippen LogP contribution is -2.36. The third-order valence-corrected chi connectivity index (χ3v) is 3.41. The first-order valence-electron chi connectivity index (χ1n) is 5.73. The Balaban J connectivity index is 2.42. The smallest absolute Gasteiger partial charge is 0.306 e. The fourth-order valence-corrected chi connectivity index (χ4v) is 2.48. The van der Waals surface area contributed by atoms with Crippen LogP contribution in [0.2, 0.25) is 0 Å². The number of esters is 1. The lowest BCUT2D eigenvalue weighted by Gasteiger charge is -2.34. The molecule has 4 heteroatoms. The zero-order chi connectivity index (χ0) is 11.3. The van der Waals surface area contributed by atoms with Gasteiger partial charge in [0.05, 0.1) is 6.61 Å². The first-order chi connectivity index (χ1) is 7.17. The summed E-state index contributed by atoms with van der Waals surface area (Å²) in [4.78, 5) is 11.4. The van der Waals surface area contributed by atoms with E-state index in [1.54, 1.807) is 0 Å². The quantitative estimate of drug-likeness (QED) is 0.552. The van der Waals surface area contributed by atoms with Crippen LogP contribution in [0.15, 0.2) is 0 Å². The summed E-state index contributed by atoms with van der Waals surface area (Å²) in [7, 11) is 0. The summed E-state index contributed by atoms with van der Waals surface area (Å²) in [6, 6.07) is 0. The highest BCUT2D eigenvalue weighted by atomic mass is 35.5. The maximum atomic E-state index is 11.4. The maximum Gasteiger partial charge on any atom is 0.306 e. The Morgan fingerprint density at radius 1 is 1.47 bits per heavy atom. The van der Waals surface area contributed by atoms with Crippen molar-refractivity contribution in [3.05, 3.63) is 0 Å². The molecule has 0 spiro atoms. The van der Waals surface area contributed by atoms with E-state index < -0.39 is 0 Å². The molecule has 88 valence electrons. The van der Waals surface area contributed by atoms with Crippen LogP contribution < -0.4 is 0 Å². The van der Waals surface area contributed by atoms with Crippen molar-refractivity contribution < 1.29 is 9.53 Å². The Morgan fingerprint density at radius 2 is 2.20 bits per heavy atom. The Bertz CT molecular complexity index is 211. The van der Waals surface area contributed by atoms with Crippen LogP contribution in [0.3, 0.4) is 0 Å². The summed E-state index contributed by atoms with van der Waals surface area (Å²) >= 11 is 5.97. The monoisotopic (exact) mass is 233 g/mol. The molecule has 0 bridgehead atoms. The molecule has 1 aliphatic heterocycles. The van der Waals surface area contributed by atoms with Gasteiger partial charge >= 0.3 is 5.97 Å². The first-order valence-corrected chi connectivity index (χ1v) is 6.07. The molecule has 1 rings (SSSR count). The molecule has 0 amide bonds. The van der Waals surface area contributed by atoms with Crippen molar-refractivity contribution in [1.29, 1.82) is 0 Å². The van der Waals surface area contributed by atoms with Gasteiger partial charge in [-0.1, -0.05) is 13.3 Å². The SMILES string of the molecule is CCOC(=O)C[C@H]1CCN(Cl)C[C@@H]1CC. The van der Waals surface area contributed by atoms with Crippen molar-refractivity contribution in [1.82, 2.24) is 4.42 Å². The van der Waals surface area contributed by atoms with Gasteiger partial charge in [0, 0.05) is 19.5 Å². The van der Waals surface area contributed by atoms with Gasteiger partial charge in [0.25, 0.3) is 0 Å². The number of hydrogen-bond acceptors (Lipinski definition) is 3. The molecule has 3 nitrogen and oxygen atoms in total. The normalized spacial score (nSPS) is 27.7. The highest BCUT2D eigenvalue weighted by Crippen LogP contribution is 2.29. The number of carbonyl (C=O) groups is 1. The van der Waals surface area contributed by atoms with E-state index in [9.17, 15) is 4.79 Å². The molecular weight excluding hydrogens is 214 g/mol. The number of piperidine rings is 1. The minimum atomic E-state index is -0.0658. The number of rotatable bonds is 4. The second-order valence-corrected chi connectivity index (χ2v) is 4.57. The standard InChI is InChI=1S/C11H20ClNO2/c1-3-9-8-13(12)6-5-10(9)7-11(14)15-4-2/h9-10H,3-8H2,1-2H3/t9-,10+/m0/s1. The Morgan fingerprint density at radius 3 is 2.80 bits per heavy atom. The van der Waals surface area contributed by atoms with Crippen molar-refractivity contribution in [3.63, 3.8) is 0 Å². The molecule has 0 aromatic carbocycles. The van der Waals surface area contributed by atoms with Crippen LogP contribution in [-0.2, 0) is 9.53 Å². The molecule has 1 fully saturated rings. The first kappa shape index (κ1) is 12.8. The van der Waals surface area contributed by atoms with E-state index in [-0.39, 0.29) is 5.97 Å². The number of nitrogens with zero attached hydrogens (tertiary/aromatic N) is 1. The van der Waals surface area contributed by atoms with Crippen molar-refractivity contribution in [3.8, 4) is 0 Å². The molecule has 1 heterocycles. The second-order valence-electron chi connectivity index (χ2n) is 4.10. The van der Waals surface area contributed by atoms with Gasteiger partial charge in [0.1, 0.15) is 0 Å². The van der Waals surface area contributed by atoms with Gasteiger partial charge < -0.3 is 4.74 Å². The van der Waals surface area contributed by atoms with Gasteiger partial charge in [-0.2, -0.15) is 0 Å². The highest BCUT2D eigenvalue weighted by Gasteiger charge is 2.29. The lowest BCUT2D eigenvalue weighted by molar-refractivity contribution is -0.145. The van der Waals surface area contributed by atoms with Crippen molar-refractivity contribution >= 4 is 17.7 Å². The van der Waals surface area contributed by atoms with E-state index in [0.29, 0.717) is 24.9 Å². The molecule has 0 N–H and O–H groups in total. The lowest BCUT2D eigenvalue weighted by atomic mass is 9.82. The minimum absolute atomic E-state index is 0.0658. The van der Waals surface area contributed by atoms with Crippen LogP contribution in [-0.4, -0.2) is 30.1 Å². The summed E-state index contributed by atoms with van der Waals surface area (Å²) in [5, 5.41) is 0. The van der Waals surface area contributed by atoms with Crippen LogP contribution in [0.4, 0.5) is 0 Å². The molecule has 0 aromatic rings. The minimum Gasteiger partial charge on any atom is -0.466 e. The van der Waals surface area contributed by atoms with Crippen LogP contribution in [0.5, 0.6) is 0 Å². The fourth-order valence-electron chi connectivity index (χ4n) is 2.20. The van der Waals surface area contributed by atoms with E-state index >= 15 is 0 Å². The van der Waals surface area contributed by atoms with Gasteiger partial charge in [0.15, 0.2) is 0 Å². The van der Waals surface area contributed by atoms with Crippen LogP contribution >= 0.6 is 11.8 Å². The summed E-state index contributed by atoms with van der Waals surface area (Å²) < 4.78 is 6.81. The zero-order valence-electron chi connectivity index (χ0n) is 9.54. The Labute approximate surface area is 96.8 Å². The molecular formula is C11H20ClNO2. The average Bonchev–Trinajstić information content (AvgIpc) is 2.21. The fraction of sp³-hybridized carbons (Fsp3) is 0.909. The number of ether oxygens (including phenoxy) is 1. The van der Waals surface area contributed by atoms with Gasteiger partial charge in [-0.25, -0.2) is 4.42 Å². The number of carbonyl (C=O) groups excluding carboxylic acids is 1. The number of halogens is 1. The zero-order valence-corrected chi connectivity index (χ0v) is 10.3. The van der Waals surface area contributed by atoms with E-state index in [0.717, 1.165) is 25.9 Å². The highest BCUT2D eigenvalue weighted by molar-refractivity contribution is 6.13. The Hall–Kier alpha value is -0.280. The van der Waals surface area contributed by atoms with E-state index in [1.807, 2.05) is 11.3 Å². The maximum absolute atomic E-state index is 11.4. The largest absolute Gasteiger partial charge is 0.466 e. The third-order valence-electron chi connectivity index (χ3n) is 3.10. The summed E-state index contributed by atoms with van der Waals surface area (Å²) in [5.74, 6) is 0.911. The summed E-state index contributed by atoms with van der Waals surface area (Å²) in [6.45, 7) is 6.24. The van der Waals surface area contributed by atoms with E-state index in [4.69, 9.17) is 16.5 Å².